The molecule has 0 bridgehead atoms. The molecule has 0 amide bonds. The molecule has 0 spiro atoms. The Kier molecular flexibility index (Phi) is 2.06. The zero-order valence-corrected chi connectivity index (χ0v) is 5.72. The molecule has 0 saturated carbocycles. The lowest BCUT2D eigenvalue weighted by Crippen LogP contribution is -2.11. The minimum absolute atomic E-state index is 0.120. The zero-order valence-electron chi connectivity index (χ0n) is 4.72. The number of hydrogen-bond acceptors (Lipinski definition) is 3. The molecule has 48 valence electrons. The summed E-state index contributed by atoms with van der Waals surface area (Å²) in [7, 11) is -2.09. The Bertz CT molecular complexity index is 103. The van der Waals surface area contributed by atoms with Gasteiger partial charge in [0.05, 0.1) is 12.7 Å². The van der Waals surface area contributed by atoms with Gasteiger partial charge in [-0.3, -0.25) is 4.57 Å². The molecule has 1 heterocycles. The average molecular weight is 136 g/mol. The van der Waals surface area contributed by atoms with Gasteiger partial charge in [0.25, 0.3) is 0 Å². The molecule has 1 fully saturated rings. The van der Waals surface area contributed by atoms with Gasteiger partial charge < -0.3 is 9.05 Å². The van der Waals surface area contributed by atoms with E-state index in [1.54, 1.807) is 0 Å². The summed E-state index contributed by atoms with van der Waals surface area (Å²) >= 11 is 0. The first-order valence-electron chi connectivity index (χ1n) is 2.62. The third kappa shape index (κ3) is 1.58. The molecule has 0 N–H and O–H groups in total. The van der Waals surface area contributed by atoms with Crippen molar-refractivity contribution < 1.29 is 13.6 Å². The highest BCUT2D eigenvalue weighted by Gasteiger charge is 2.13. The lowest BCUT2D eigenvalue weighted by atomic mass is 10.3. The predicted molar refractivity (Wildman–Crippen MR) is 30.1 cm³/mol. The summed E-state index contributed by atoms with van der Waals surface area (Å²) in [5, 5.41) is 0. The van der Waals surface area contributed by atoms with E-state index in [4.69, 9.17) is 4.52 Å². The van der Waals surface area contributed by atoms with Crippen molar-refractivity contribution >= 4 is 8.25 Å². The Labute approximate surface area is 48.9 Å². The van der Waals surface area contributed by atoms with Gasteiger partial charge in [-0.25, -0.2) is 0 Å². The van der Waals surface area contributed by atoms with Crippen LogP contribution in [0.3, 0.4) is 0 Å². The summed E-state index contributed by atoms with van der Waals surface area (Å²) in [4.78, 5) is 0. The lowest BCUT2D eigenvalue weighted by molar-refractivity contribution is 0.108. The van der Waals surface area contributed by atoms with Crippen molar-refractivity contribution in [2.75, 3.05) is 6.61 Å². The van der Waals surface area contributed by atoms with Crippen molar-refractivity contribution in [3.63, 3.8) is 0 Å². The van der Waals surface area contributed by atoms with E-state index in [2.05, 4.69) is 4.52 Å². The summed E-state index contributed by atoms with van der Waals surface area (Å²) in [6.07, 6.45) is 0.978. The van der Waals surface area contributed by atoms with Gasteiger partial charge in [0.15, 0.2) is 0 Å². The van der Waals surface area contributed by atoms with Crippen LogP contribution in [0.15, 0.2) is 0 Å². The van der Waals surface area contributed by atoms with Crippen LogP contribution >= 0.6 is 8.25 Å². The Balaban J connectivity index is 2.34. The molecule has 3 nitrogen and oxygen atoms in total. The highest BCUT2D eigenvalue weighted by molar-refractivity contribution is 7.33. The van der Waals surface area contributed by atoms with E-state index in [-0.39, 0.29) is 6.10 Å². The average Bonchev–Trinajstić information content (AvgIpc) is 1.64. The molecular formula is C4H9O3P. The monoisotopic (exact) mass is 136 g/mol. The van der Waals surface area contributed by atoms with Gasteiger partial charge in [0.2, 0.25) is 0 Å². The Morgan fingerprint density at radius 3 is 2.88 bits per heavy atom. The van der Waals surface area contributed by atoms with Crippen molar-refractivity contribution in [2.24, 2.45) is 0 Å². The van der Waals surface area contributed by atoms with Crippen LogP contribution < -0.4 is 0 Å². The first kappa shape index (κ1) is 6.27. The van der Waals surface area contributed by atoms with Gasteiger partial charge in [-0.05, 0) is 13.3 Å². The molecule has 0 aromatic carbocycles. The van der Waals surface area contributed by atoms with E-state index < -0.39 is 8.25 Å². The molecular weight excluding hydrogens is 127 g/mol. The van der Waals surface area contributed by atoms with E-state index >= 15 is 0 Å². The van der Waals surface area contributed by atoms with Crippen LogP contribution in [0.25, 0.3) is 0 Å². The third-order valence-electron chi connectivity index (χ3n) is 1.04. The van der Waals surface area contributed by atoms with Crippen LogP contribution in [-0.4, -0.2) is 12.7 Å². The van der Waals surface area contributed by atoms with Crippen LogP contribution in [0.5, 0.6) is 0 Å². The van der Waals surface area contributed by atoms with Crippen LogP contribution in [0, 0.1) is 0 Å². The SMILES string of the molecule is C[C@H]1CCO[P@@H](=O)O1. The largest absolute Gasteiger partial charge is 0.319 e. The summed E-state index contributed by atoms with van der Waals surface area (Å²) in [6.45, 7) is 2.48. The third-order valence-corrected chi connectivity index (χ3v) is 2.08. The molecule has 0 unspecified atom stereocenters. The van der Waals surface area contributed by atoms with Gasteiger partial charge in [0, 0.05) is 0 Å². The Morgan fingerprint density at radius 2 is 2.50 bits per heavy atom. The van der Waals surface area contributed by atoms with Crippen molar-refractivity contribution in [3.8, 4) is 0 Å². The minimum Gasteiger partial charge on any atom is -0.311 e. The van der Waals surface area contributed by atoms with E-state index in [1.807, 2.05) is 6.92 Å². The molecule has 0 radical (unpaired) electrons. The molecule has 0 aliphatic carbocycles. The standard InChI is InChI=1S/C4H9O3P/c1-4-2-3-6-8(5)7-4/h4,8H,2-3H2,1H3/t4-/m0/s1. The zero-order chi connectivity index (χ0) is 5.98. The lowest BCUT2D eigenvalue weighted by Gasteiger charge is -2.17. The molecule has 1 rings (SSSR count). The maximum absolute atomic E-state index is 10.4. The van der Waals surface area contributed by atoms with Crippen molar-refractivity contribution in [1.82, 2.24) is 0 Å². The molecule has 0 aromatic heterocycles. The van der Waals surface area contributed by atoms with Gasteiger partial charge in [0.1, 0.15) is 0 Å². The topological polar surface area (TPSA) is 35.5 Å². The molecule has 8 heavy (non-hydrogen) atoms. The highest BCUT2D eigenvalue weighted by atomic mass is 31.1. The summed E-state index contributed by atoms with van der Waals surface area (Å²) in [5.74, 6) is 0. The van der Waals surface area contributed by atoms with E-state index in [1.165, 1.54) is 0 Å². The Hall–Kier alpha value is 0.150. The first-order chi connectivity index (χ1) is 3.79. The predicted octanol–water partition coefficient (Wildman–Crippen LogP) is 1.20. The van der Waals surface area contributed by atoms with Crippen molar-refractivity contribution in [1.29, 1.82) is 0 Å². The van der Waals surface area contributed by atoms with Crippen LogP contribution in [-0.2, 0) is 13.6 Å². The fourth-order valence-electron chi connectivity index (χ4n) is 0.565. The van der Waals surface area contributed by atoms with E-state index in [0.717, 1.165) is 6.42 Å². The second-order valence-electron chi connectivity index (χ2n) is 1.82. The van der Waals surface area contributed by atoms with Crippen molar-refractivity contribution in [2.45, 2.75) is 19.4 Å². The molecule has 1 saturated heterocycles. The van der Waals surface area contributed by atoms with Crippen LogP contribution in [0.2, 0.25) is 0 Å². The van der Waals surface area contributed by atoms with Gasteiger partial charge in [-0.2, -0.15) is 0 Å². The fourth-order valence-corrected chi connectivity index (χ4v) is 1.36. The summed E-state index contributed by atoms with van der Waals surface area (Å²) in [5.41, 5.74) is 0. The van der Waals surface area contributed by atoms with E-state index in [0.29, 0.717) is 6.61 Å². The first-order valence-corrected chi connectivity index (χ1v) is 3.85. The normalized spacial score (nSPS) is 39.6. The second kappa shape index (κ2) is 2.62. The smallest absolute Gasteiger partial charge is 0.311 e. The highest BCUT2D eigenvalue weighted by Crippen LogP contribution is 2.31. The van der Waals surface area contributed by atoms with Gasteiger partial charge in [-0.15, -0.1) is 0 Å². The van der Waals surface area contributed by atoms with Crippen molar-refractivity contribution in [3.05, 3.63) is 0 Å². The molecule has 2 atom stereocenters. The molecule has 1 aliphatic heterocycles. The molecule has 1 aliphatic rings. The number of hydrogen-bond donors (Lipinski definition) is 0. The molecule has 4 heteroatoms. The maximum atomic E-state index is 10.4. The fraction of sp³-hybridized carbons (Fsp3) is 1.00. The van der Waals surface area contributed by atoms with Gasteiger partial charge in [-0.1, -0.05) is 0 Å². The minimum atomic E-state index is -2.09. The quantitative estimate of drug-likeness (QED) is 0.469. The van der Waals surface area contributed by atoms with E-state index in [9.17, 15) is 4.57 Å². The maximum Gasteiger partial charge on any atom is 0.319 e. The Morgan fingerprint density at radius 1 is 1.75 bits per heavy atom. The van der Waals surface area contributed by atoms with Crippen LogP contribution in [0.1, 0.15) is 13.3 Å². The van der Waals surface area contributed by atoms with Gasteiger partial charge >= 0.3 is 8.25 Å². The number of rotatable bonds is 0. The summed E-state index contributed by atoms with van der Waals surface area (Å²) in [6, 6.07) is 0. The second-order valence-corrected chi connectivity index (χ2v) is 2.84. The van der Waals surface area contributed by atoms with Crippen LogP contribution in [0.4, 0.5) is 0 Å². The molecule has 0 aromatic rings. The summed E-state index contributed by atoms with van der Waals surface area (Å²) < 4.78 is 19.9.